The Bertz CT molecular complexity index is 878. The van der Waals surface area contributed by atoms with Gasteiger partial charge in [0, 0.05) is 29.9 Å². The summed E-state index contributed by atoms with van der Waals surface area (Å²) in [5, 5.41) is 0.850. The van der Waals surface area contributed by atoms with Crippen LogP contribution in [0.15, 0.2) is 52.5 Å². The molecule has 1 aromatic heterocycles. The van der Waals surface area contributed by atoms with E-state index in [1.165, 1.54) is 22.3 Å². The van der Waals surface area contributed by atoms with Crippen LogP contribution in [0.3, 0.4) is 0 Å². The molecule has 1 aliphatic heterocycles. The van der Waals surface area contributed by atoms with E-state index in [1.54, 1.807) is 43.3 Å². The molecule has 0 unspecified atom stereocenters. The summed E-state index contributed by atoms with van der Waals surface area (Å²) < 4.78 is 26.5. The first-order valence-corrected chi connectivity index (χ1v) is 11.0. The predicted molar refractivity (Wildman–Crippen MR) is 103 cm³/mol. The first kappa shape index (κ1) is 19.4. The van der Waals surface area contributed by atoms with Gasteiger partial charge in [0.2, 0.25) is 10.0 Å². The maximum absolute atomic E-state index is 12.5. The highest BCUT2D eigenvalue weighted by Gasteiger charge is 2.27. The molecule has 26 heavy (non-hydrogen) atoms. The maximum atomic E-state index is 12.5. The van der Waals surface area contributed by atoms with E-state index in [1.807, 2.05) is 0 Å². The topological polar surface area (TPSA) is 67.3 Å². The van der Waals surface area contributed by atoms with Crippen LogP contribution in [0.2, 0.25) is 5.02 Å². The minimum Gasteiger partial charge on any atom is -0.293 e. The van der Waals surface area contributed by atoms with E-state index in [-0.39, 0.29) is 15.9 Å². The van der Waals surface area contributed by atoms with Crippen molar-refractivity contribution in [3.63, 3.8) is 0 Å². The minimum absolute atomic E-state index is 0.0257. The van der Waals surface area contributed by atoms with Crippen LogP contribution >= 0.6 is 23.4 Å². The second-order valence-corrected chi connectivity index (χ2v) is 9.81. The Morgan fingerprint density at radius 3 is 2.38 bits per heavy atom. The number of ketones is 1. The monoisotopic (exact) mass is 410 g/mol. The van der Waals surface area contributed by atoms with Crippen LogP contribution in [-0.4, -0.2) is 41.8 Å². The average molecular weight is 411 g/mol. The van der Waals surface area contributed by atoms with Gasteiger partial charge in [-0.05, 0) is 56.2 Å². The zero-order valence-electron chi connectivity index (χ0n) is 14.3. The predicted octanol–water partition coefficient (Wildman–Crippen LogP) is 3.88. The van der Waals surface area contributed by atoms with Gasteiger partial charge in [-0.3, -0.25) is 4.79 Å². The Labute approximate surface area is 162 Å². The number of Topliss-reactive ketones (excluding diaryl/α,β-unsaturated/α-hetero) is 1. The quantitative estimate of drug-likeness (QED) is 0.534. The standard InChI is InChI=1S/C18H19ClN2O3S2/c1-13(18(22)14-4-6-15(19)7-5-14)25-17-9-8-16(12-20-17)26(23,24)21-10-2-3-11-21/h4-9,12-13H,2-3,10-11H2,1H3/t13-/m1/s1. The van der Waals surface area contributed by atoms with Gasteiger partial charge in [0.05, 0.1) is 10.3 Å². The molecule has 0 radical (unpaired) electrons. The molecular formula is C18H19ClN2O3S2. The summed E-state index contributed by atoms with van der Waals surface area (Å²) in [4.78, 5) is 16.9. The molecule has 1 fully saturated rings. The SMILES string of the molecule is C[C@@H](Sc1ccc(S(=O)(=O)N2CCCC2)cn1)C(=O)c1ccc(Cl)cc1. The van der Waals surface area contributed by atoms with Crippen LogP contribution in [0.4, 0.5) is 0 Å². The number of carbonyl (C=O) groups excluding carboxylic acids is 1. The molecule has 138 valence electrons. The molecule has 1 saturated heterocycles. The van der Waals surface area contributed by atoms with Crippen molar-refractivity contribution in [2.24, 2.45) is 0 Å². The fourth-order valence-corrected chi connectivity index (χ4v) is 5.20. The van der Waals surface area contributed by atoms with Crippen molar-refractivity contribution in [1.29, 1.82) is 0 Å². The lowest BCUT2D eigenvalue weighted by Gasteiger charge is -2.15. The van der Waals surface area contributed by atoms with Crippen LogP contribution in [0.25, 0.3) is 0 Å². The van der Waals surface area contributed by atoms with E-state index in [9.17, 15) is 13.2 Å². The zero-order valence-corrected chi connectivity index (χ0v) is 16.6. The number of hydrogen-bond donors (Lipinski definition) is 0. The number of aromatic nitrogens is 1. The molecule has 0 amide bonds. The first-order valence-electron chi connectivity index (χ1n) is 8.30. The van der Waals surface area contributed by atoms with Crippen LogP contribution in [0, 0.1) is 0 Å². The van der Waals surface area contributed by atoms with Crippen LogP contribution < -0.4 is 0 Å². The summed E-state index contributed by atoms with van der Waals surface area (Å²) in [5.41, 5.74) is 0.586. The van der Waals surface area contributed by atoms with E-state index in [0.717, 1.165) is 12.8 Å². The van der Waals surface area contributed by atoms with Gasteiger partial charge >= 0.3 is 0 Å². The molecule has 5 nitrogen and oxygen atoms in total. The van der Waals surface area contributed by atoms with E-state index in [0.29, 0.717) is 28.7 Å². The summed E-state index contributed by atoms with van der Waals surface area (Å²) in [6.45, 7) is 2.93. The fourth-order valence-electron chi connectivity index (χ4n) is 2.75. The number of thioether (sulfide) groups is 1. The Balaban J connectivity index is 1.69. The van der Waals surface area contributed by atoms with Crippen molar-refractivity contribution >= 4 is 39.2 Å². The van der Waals surface area contributed by atoms with Crippen molar-refractivity contribution in [2.75, 3.05) is 13.1 Å². The van der Waals surface area contributed by atoms with E-state index < -0.39 is 10.0 Å². The second-order valence-electron chi connectivity index (χ2n) is 6.07. The van der Waals surface area contributed by atoms with E-state index in [4.69, 9.17) is 11.6 Å². The largest absolute Gasteiger partial charge is 0.293 e. The average Bonchev–Trinajstić information content (AvgIpc) is 3.18. The molecule has 0 spiro atoms. The molecular weight excluding hydrogens is 392 g/mol. The summed E-state index contributed by atoms with van der Waals surface area (Å²) in [6, 6.07) is 9.97. The highest BCUT2D eigenvalue weighted by Crippen LogP contribution is 2.26. The highest BCUT2D eigenvalue weighted by molar-refractivity contribution is 8.00. The van der Waals surface area contributed by atoms with Gasteiger partial charge < -0.3 is 0 Å². The van der Waals surface area contributed by atoms with Crippen molar-refractivity contribution in [2.45, 2.75) is 34.9 Å². The fraction of sp³-hybridized carbons (Fsp3) is 0.333. The van der Waals surface area contributed by atoms with Crippen LogP contribution in [0.1, 0.15) is 30.1 Å². The molecule has 2 aromatic rings. The molecule has 0 N–H and O–H groups in total. The lowest BCUT2D eigenvalue weighted by Crippen LogP contribution is -2.27. The summed E-state index contributed by atoms with van der Waals surface area (Å²) >= 11 is 7.15. The smallest absolute Gasteiger partial charge is 0.244 e. The highest BCUT2D eigenvalue weighted by atomic mass is 35.5. The van der Waals surface area contributed by atoms with Gasteiger partial charge in [0.25, 0.3) is 0 Å². The normalized spacial score (nSPS) is 16.5. The Morgan fingerprint density at radius 1 is 1.15 bits per heavy atom. The van der Waals surface area contributed by atoms with Crippen molar-refractivity contribution in [1.82, 2.24) is 9.29 Å². The van der Waals surface area contributed by atoms with Crippen molar-refractivity contribution in [3.8, 4) is 0 Å². The number of nitrogens with zero attached hydrogens (tertiary/aromatic N) is 2. The molecule has 0 saturated carbocycles. The number of hydrogen-bond acceptors (Lipinski definition) is 5. The van der Waals surface area contributed by atoms with Crippen LogP contribution in [-0.2, 0) is 10.0 Å². The van der Waals surface area contributed by atoms with Crippen molar-refractivity contribution < 1.29 is 13.2 Å². The number of rotatable bonds is 6. The molecule has 1 aromatic carbocycles. The number of benzene rings is 1. The third-order valence-electron chi connectivity index (χ3n) is 4.21. The van der Waals surface area contributed by atoms with E-state index >= 15 is 0 Å². The van der Waals surface area contributed by atoms with E-state index in [2.05, 4.69) is 4.98 Å². The van der Waals surface area contributed by atoms with Crippen LogP contribution in [0.5, 0.6) is 0 Å². The van der Waals surface area contributed by atoms with Gasteiger partial charge in [-0.2, -0.15) is 4.31 Å². The number of sulfonamides is 1. The number of pyridine rings is 1. The Morgan fingerprint density at radius 2 is 1.81 bits per heavy atom. The van der Waals surface area contributed by atoms with Gasteiger partial charge in [-0.25, -0.2) is 13.4 Å². The molecule has 1 aliphatic rings. The van der Waals surface area contributed by atoms with Gasteiger partial charge in [0.1, 0.15) is 4.90 Å². The van der Waals surface area contributed by atoms with Crippen molar-refractivity contribution in [3.05, 3.63) is 53.2 Å². The number of carbonyl (C=O) groups is 1. The molecule has 1 atom stereocenters. The van der Waals surface area contributed by atoms with Gasteiger partial charge in [0.15, 0.2) is 5.78 Å². The second kappa shape index (κ2) is 8.08. The molecule has 2 heterocycles. The Hall–Kier alpha value is -1.41. The molecule has 0 aliphatic carbocycles. The third kappa shape index (κ3) is 4.28. The Kier molecular flexibility index (Phi) is 6.02. The lowest BCUT2D eigenvalue weighted by molar-refractivity contribution is 0.0994. The zero-order chi connectivity index (χ0) is 18.7. The first-order chi connectivity index (χ1) is 12.4. The maximum Gasteiger partial charge on any atom is 0.244 e. The van der Waals surface area contributed by atoms with Gasteiger partial charge in [-0.1, -0.05) is 23.4 Å². The minimum atomic E-state index is -3.47. The lowest BCUT2D eigenvalue weighted by atomic mass is 10.1. The molecule has 0 bridgehead atoms. The summed E-state index contributed by atoms with van der Waals surface area (Å²) in [5.74, 6) is -0.0257. The molecule has 8 heteroatoms. The summed E-state index contributed by atoms with van der Waals surface area (Å²) in [7, 11) is -3.47. The third-order valence-corrected chi connectivity index (χ3v) is 7.39. The summed E-state index contributed by atoms with van der Waals surface area (Å²) in [6.07, 6.45) is 3.16. The number of halogens is 1. The molecule has 3 rings (SSSR count). The van der Waals surface area contributed by atoms with Gasteiger partial charge in [-0.15, -0.1) is 0 Å².